The molecule has 0 aliphatic rings. The van der Waals surface area contributed by atoms with Gasteiger partial charge in [0.25, 0.3) is 0 Å². The van der Waals surface area contributed by atoms with Crippen molar-refractivity contribution in [2.75, 3.05) is 0 Å². The van der Waals surface area contributed by atoms with Gasteiger partial charge in [0.2, 0.25) is 0 Å². The van der Waals surface area contributed by atoms with Crippen LogP contribution in [0.3, 0.4) is 0 Å². The smallest absolute Gasteiger partial charge is 0.141 e. The predicted molar refractivity (Wildman–Crippen MR) is 80.9 cm³/mol. The highest BCUT2D eigenvalue weighted by atomic mass is 79.9. The summed E-state index contributed by atoms with van der Waals surface area (Å²) in [6.45, 7) is 1.79. The molecule has 100 valence electrons. The van der Waals surface area contributed by atoms with Crippen LogP contribution in [0.5, 0.6) is 11.5 Å². The maximum Gasteiger partial charge on any atom is 0.141 e. The first-order valence-corrected chi connectivity index (χ1v) is 7.24. The summed E-state index contributed by atoms with van der Waals surface area (Å²) in [5, 5.41) is 0. The molecular weight excluding hydrogens is 377 g/mol. The highest BCUT2D eigenvalue weighted by molar-refractivity contribution is 9.11. The van der Waals surface area contributed by atoms with Crippen LogP contribution in [0.2, 0.25) is 0 Å². The second kappa shape index (κ2) is 6.03. The molecule has 0 aromatic heterocycles. The molecule has 0 aliphatic carbocycles. The lowest BCUT2D eigenvalue weighted by atomic mass is 10.1. The van der Waals surface area contributed by atoms with Gasteiger partial charge in [-0.1, -0.05) is 15.9 Å². The van der Waals surface area contributed by atoms with Crippen LogP contribution >= 0.6 is 31.9 Å². The van der Waals surface area contributed by atoms with Crippen molar-refractivity contribution in [1.29, 1.82) is 0 Å². The summed E-state index contributed by atoms with van der Waals surface area (Å²) < 4.78 is 20.8. The Hall–Kier alpha value is -0.910. The molecular formula is C14H12Br2FNO. The second-order valence-corrected chi connectivity index (χ2v) is 5.92. The third-order valence-electron chi connectivity index (χ3n) is 2.58. The topological polar surface area (TPSA) is 35.2 Å². The van der Waals surface area contributed by atoms with E-state index in [0.29, 0.717) is 17.1 Å². The van der Waals surface area contributed by atoms with Crippen molar-refractivity contribution in [3.05, 3.63) is 56.7 Å². The molecule has 2 aromatic rings. The van der Waals surface area contributed by atoms with Gasteiger partial charge in [0, 0.05) is 16.1 Å². The van der Waals surface area contributed by atoms with E-state index in [9.17, 15) is 4.39 Å². The van der Waals surface area contributed by atoms with Crippen molar-refractivity contribution in [2.45, 2.75) is 13.0 Å². The Labute approximate surface area is 128 Å². The number of rotatable bonds is 3. The first-order valence-electron chi connectivity index (χ1n) is 5.65. The van der Waals surface area contributed by atoms with Gasteiger partial charge in [-0.3, -0.25) is 0 Å². The number of benzene rings is 2. The van der Waals surface area contributed by atoms with Crippen LogP contribution in [0.25, 0.3) is 0 Å². The number of hydrogen-bond acceptors (Lipinski definition) is 2. The van der Waals surface area contributed by atoms with E-state index in [4.69, 9.17) is 10.5 Å². The highest BCUT2D eigenvalue weighted by Crippen LogP contribution is 2.35. The number of halogens is 3. The average molecular weight is 389 g/mol. The van der Waals surface area contributed by atoms with Gasteiger partial charge in [0.1, 0.15) is 17.3 Å². The summed E-state index contributed by atoms with van der Waals surface area (Å²) in [4.78, 5) is 0. The molecule has 19 heavy (non-hydrogen) atoms. The van der Waals surface area contributed by atoms with Gasteiger partial charge in [-0.2, -0.15) is 0 Å². The minimum absolute atomic E-state index is 0.306. The molecule has 2 rings (SSSR count). The molecule has 5 heteroatoms. The first kappa shape index (κ1) is 14.5. The lowest BCUT2D eigenvalue weighted by Gasteiger charge is -2.14. The Balaban J connectivity index is 2.38. The molecule has 0 bridgehead atoms. The third-order valence-corrected chi connectivity index (χ3v) is 3.69. The number of ether oxygens (including phenoxy) is 1. The molecule has 0 amide bonds. The SMILES string of the molecule is C[C@@H](N)c1cc(F)ccc1Oc1ccc(Br)cc1Br. The van der Waals surface area contributed by atoms with E-state index in [-0.39, 0.29) is 11.9 Å². The van der Waals surface area contributed by atoms with E-state index in [2.05, 4.69) is 31.9 Å². The fraction of sp³-hybridized carbons (Fsp3) is 0.143. The van der Waals surface area contributed by atoms with E-state index in [1.165, 1.54) is 12.1 Å². The first-order chi connectivity index (χ1) is 8.97. The molecule has 0 saturated heterocycles. The molecule has 2 aromatic carbocycles. The van der Waals surface area contributed by atoms with Gasteiger partial charge in [-0.05, 0) is 59.3 Å². The standard InChI is InChI=1S/C14H12Br2FNO/c1-8(18)11-7-10(17)3-5-13(11)19-14-4-2-9(15)6-12(14)16/h2-8H,18H2,1H3/t8-/m1/s1. The summed E-state index contributed by atoms with van der Waals surface area (Å²) in [6.07, 6.45) is 0. The summed E-state index contributed by atoms with van der Waals surface area (Å²) in [5.74, 6) is 0.880. The summed E-state index contributed by atoms with van der Waals surface area (Å²) >= 11 is 6.79. The predicted octanol–water partition coefficient (Wildman–Crippen LogP) is 5.16. The van der Waals surface area contributed by atoms with Crippen LogP contribution in [0, 0.1) is 5.82 Å². The minimum Gasteiger partial charge on any atom is -0.456 e. The monoisotopic (exact) mass is 387 g/mol. The second-order valence-electron chi connectivity index (χ2n) is 4.15. The van der Waals surface area contributed by atoms with Crippen molar-refractivity contribution < 1.29 is 9.13 Å². The van der Waals surface area contributed by atoms with Gasteiger partial charge in [-0.15, -0.1) is 0 Å². The van der Waals surface area contributed by atoms with E-state index >= 15 is 0 Å². The zero-order valence-electron chi connectivity index (χ0n) is 10.2. The van der Waals surface area contributed by atoms with E-state index in [0.717, 1.165) is 8.95 Å². The van der Waals surface area contributed by atoms with Crippen LogP contribution in [-0.2, 0) is 0 Å². The molecule has 0 saturated carbocycles. The number of hydrogen-bond donors (Lipinski definition) is 1. The summed E-state index contributed by atoms with van der Waals surface area (Å²) in [5.41, 5.74) is 6.47. The van der Waals surface area contributed by atoms with E-state index < -0.39 is 0 Å². The van der Waals surface area contributed by atoms with Gasteiger partial charge in [0.05, 0.1) is 4.47 Å². The molecule has 0 spiro atoms. The molecule has 0 radical (unpaired) electrons. The average Bonchev–Trinajstić information content (AvgIpc) is 2.34. The lowest BCUT2D eigenvalue weighted by molar-refractivity contribution is 0.466. The lowest BCUT2D eigenvalue weighted by Crippen LogP contribution is -2.07. The van der Waals surface area contributed by atoms with Crippen LogP contribution in [-0.4, -0.2) is 0 Å². The maximum atomic E-state index is 13.3. The van der Waals surface area contributed by atoms with E-state index in [1.54, 1.807) is 13.0 Å². The van der Waals surface area contributed by atoms with Gasteiger partial charge in [-0.25, -0.2) is 4.39 Å². The van der Waals surface area contributed by atoms with Crippen molar-refractivity contribution >= 4 is 31.9 Å². The highest BCUT2D eigenvalue weighted by Gasteiger charge is 2.12. The van der Waals surface area contributed by atoms with Gasteiger partial charge < -0.3 is 10.5 Å². The van der Waals surface area contributed by atoms with Crippen LogP contribution < -0.4 is 10.5 Å². The fourth-order valence-corrected chi connectivity index (χ4v) is 2.77. The van der Waals surface area contributed by atoms with Crippen molar-refractivity contribution in [3.63, 3.8) is 0 Å². The Kier molecular flexibility index (Phi) is 4.60. The largest absolute Gasteiger partial charge is 0.456 e. The van der Waals surface area contributed by atoms with E-state index in [1.807, 2.05) is 18.2 Å². The molecule has 0 heterocycles. The molecule has 2 nitrogen and oxygen atoms in total. The Morgan fingerprint density at radius 1 is 1.11 bits per heavy atom. The Morgan fingerprint density at radius 2 is 1.79 bits per heavy atom. The Morgan fingerprint density at radius 3 is 2.42 bits per heavy atom. The van der Waals surface area contributed by atoms with Crippen LogP contribution in [0.4, 0.5) is 4.39 Å². The Bertz CT molecular complexity index is 602. The summed E-state index contributed by atoms with van der Waals surface area (Å²) in [6, 6.07) is 9.60. The maximum absolute atomic E-state index is 13.3. The van der Waals surface area contributed by atoms with Gasteiger partial charge in [0.15, 0.2) is 0 Å². The zero-order chi connectivity index (χ0) is 14.0. The van der Waals surface area contributed by atoms with Gasteiger partial charge >= 0.3 is 0 Å². The van der Waals surface area contributed by atoms with Crippen LogP contribution in [0.1, 0.15) is 18.5 Å². The van der Waals surface area contributed by atoms with Crippen molar-refractivity contribution in [3.8, 4) is 11.5 Å². The molecule has 2 N–H and O–H groups in total. The molecule has 0 unspecified atom stereocenters. The normalized spacial score (nSPS) is 12.3. The van der Waals surface area contributed by atoms with Crippen molar-refractivity contribution in [1.82, 2.24) is 0 Å². The minimum atomic E-state index is -0.325. The molecule has 0 fully saturated rings. The number of nitrogens with two attached hydrogens (primary N) is 1. The molecule has 1 atom stereocenters. The molecule has 0 aliphatic heterocycles. The quantitative estimate of drug-likeness (QED) is 0.787. The van der Waals surface area contributed by atoms with Crippen LogP contribution in [0.15, 0.2) is 45.3 Å². The van der Waals surface area contributed by atoms with Crippen molar-refractivity contribution in [2.24, 2.45) is 5.73 Å². The zero-order valence-corrected chi connectivity index (χ0v) is 13.3. The third kappa shape index (κ3) is 3.55. The fourth-order valence-electron chi connectivity index (χ4n) is 1.64. The summed E-state index contributed by atoms with van der Waals surface area (Å²) in [7, 11) is 0.